The highest BCUT2D eigenvalue weighted by molar-refractivity contribution is 7.90. The van der Waals surface area contributed by atoms with Crippen molar-refractivity contribution in [2.45, 2.75) is 43.0 Å². The second-order valence-electron chi connectivity index (χ2n) is 7.57. The molecule has 3 rings (SSSR count). The number of anilines is 1. The number of carbonyl (C=O) groups is 2. The van der Waals surface area contributed by atoms with Crippen LogP contribution in [0.2, 0.25) is 5.02 Å². The van der Waals surface area contributed by atoms with Crippen molar-refractivity contribution < 1.29 is 23.1 Å². The van der Waals surface area contributed by atoms with Gasteiger partial charge in [-0.25, -0.2) is 8.42 Å². The van der Waals surface area contributed by atoms with Gasteiger partial charge in [0.1, 0.15) is 5.78 Å². The summed E-state index contributed by atoms with van der Waals surface area (Å²) in [4.78, 5) is 24.8. The van der Waals surface area contributed by atoms with E-state index in [1.54, 1.807) is 18.3 Å². The Bertz CT molecular complexity index is 1050. The Kier molecular flexibility index (Phi) is 6.95. The largest absolute Gasteiger partial charge is 0.394 e. The Morgan fingerprint density at radius 1 is 1.40 bits per heavy atom. The maximum atomic E-state index is 13.1. The Hall–Kier alpha value is -2.23. The molecule has 1 amide bonds. The number of aliphatic hydroxyl groups excluding tert-OH is 1. The number of hydrogen-bond donors (Lipinski definition) is 2. The molecule has 8 nitrogen and oxygen atoms in total. The minimum absolute atomic E-state index is 0.00543. The maximum absolute atomic E-state index is 13.1. The predicted octanol–water partition coefficient (Wildman–Crippen LogP) is 2.41. The Labute approximate surface area is 180 Å². The van der Waals surface area contributed by atoms with E-state index in [1.165, 1.54) is 16.8 Å². The van der Waals surface area contributed by atoms with Gasteiger partial charge in [-0.05, 0) is 36.5 Å². The van der Waals surface area contributed by atoms with Crippen molar-refractivity contribution in [3.63, 3.8) is 0 Å². The zero-order chi connectivity index (χ0) is 21.9. The third-order valence-electron chi connectivity index (χ3n) is 5.21. The molecule has 0 bridgehead atoms. The molecule has 1 heterocycles. The van der Waals surface area contributed by atoms with Crippen LogP contribution in [0.5, 0.6) is 0 Å². The molecule has 1 fully saturated rings. The molecule has 1 aliphatic rings. The van der Waals surface area contributed by atoms with E-state index in [4.69, 9.17) is 16.7 Å². The van der Waals surface area contributed by atoms with E-state index in [0.29, 0.717) is 37.2 Å². The first-order valence-corrected chi connectivity index (χ1v) is 11.9. The number of nitrogens with zero attached hydrogens (tertiary/aromatic N) is 2. The lowest BCUT2D eigenvalue weighted by molar-refractivity contribution is -0.119. The molecule has 30 heavy (non-hydrogen) atoms. The lowest BCUT2D eigenvalue weighted by atomic mass is 9.87. The molecule has 0 spiro atoms. The summed E-state index contributed by atoms with van der Waals surface area (Å²) in [7, 11) is -3.49. The van der Waals surface area contributed by atoms with Crippen LogP contribution in [0.1, 0.15) is 37.2 Å². The lowest BCUT2D eigenvalue weighted by Gasteiger charge is -2.20. The minimum Gasteiger partial charge on any atom is -0.394 e. The number of benzene rings is 1. The number of ketones is 1. The number of nitrogens with one attached hydrogen (secondary N) is 1. The summed E-state index contributed by atoms with van der Waals surface area (Å²) in [5, 5.41) is 16.0. The van der Waals surface area contributed by atoms with Gasteiger partial charge in [0.05, 0.1) is 29.0 Å². The fraction of sp³-hybridized carbons (Fsp3) is 0.450. The van der Waals surface area contributed by atoms with Gasteiger partial charge < -0.3 is 10.4 Å². The van der Waals surface area contributed by atoms with E-state index in [1.807, 2.05) is 0 Å². The van der Waals surface area contributed by atoms with Crippen LogP contribution in [0.15, 0.2) is 35.4 Å². The van der Waals surface area contributed by atoms with Crippen LogP contribution >= 0.6 is 11.6 Å². The van der Waals surface area contributed by atoms with Crippen molar-refractivity contribution >= 4 is 38.9 Å². The van der Waals surface area contributed by atoms with Gasteiger partial charge in [-0.3, -0.25) is 14.3 Å². The number of amides is 1. The molecule has 1 saturated carbocycles. The zero-order valence-corrected chi connectivity index (χ0v) is 18.1. The summed E-state index contributed by atoms with van der Waals surface area (Å²) in [5.41, 5.74) is 0.582. The van der Waals surface area contributed by atoms with Gasteiger partial charge in [0.2, 0.25) is 5.91 Å². The molecule has 2 atom stereocenters. The van der Waals surface area contributed by atoms with Crippen molar-refractivity contribution in [1.82, 2.24) is 9.78 Å². The van der Waals surface area contributed by atoms with Gasteiger partial charge in [0, 0.05) is 31.4 Å². The first-order valence-electron chi connectivity index (χ1n) is 9.63. The quantitative estimate of drug-likeness (QED) is 0.633. The van der Waals surface area contributed by atoms with E-state index in [9.17, 15) is 18.0 Å². The molecule has 0 unspecified atom stereocenters. The zero-order valence-electron chi connectivity index (χ0n) is 16.5. The molecule has 10 heteroatoms. The normalized spacial score (nSPS) is 17.8. The fourth-order valence-electron chi connectivity index (χ4n) is 3.72. The van der Waals surface area contributed by atoms with Crippen LogP contribution in [0.3, 0.4) is 0 Å². The van der Waals surface area contributed by atoms with E-state index in [2.05, 4.69) is 10.4 Å². The van der Waals surface area contributed by atoms with Gasteiger partial charge in [0.15, 0.2) is 15.7 Å². The van der Waals surface area contributed by atoms with E-state index >= 15 is 0 Å². The molecule has 1 aromatic heterocycles. The maximum Gasteiger partial charge on any atom is 0.233 e. The molecule has 2 aromatic rings. The highest BCUT2D eigenvalue weighted by Gasteiger charge is 2.30. The molecule has 1 aromatic carbocycles. The van der Waals surface area contributed by atoms with Crippen molar-refractivity contribution in [2.75, 3.05) is 18.2 Å². The summed E-state index contributed by atoms with van der Waals surface area (Å²) in [6.45, 7) is 0.241. The van der Waals surface area contributed by atoms with Crippen LogP contribution in [0, 0.1) is 5.92 Å². The summed E-state index contributed by atoms with van der Waals surface area (Å²) in [6.07, 6.45) is 4.84. The number of halogens is 1. The molecular formula is C20H24ClN3O5S. The molecule has 0 aliphatic heterocycles. The SMILES string of the molecule is CS(=O)(=O)c1ccc([C@@H](C[C@H]2CCC(=O)C2)C(=O)Nc2ccn(CCO)n2)cc1Cl. The summed E-state index contributed by atoms with van der Waals surface area (Å²) >= 11 is 6.20. The fourth-order valence-corrected chi connectivity index (χ4v) is 5.06. The van der Waals surface area contributed by atoms with Crippen LogP contribution < -0.4 is 5.32 Å². The average Bonchev–Trinajstić information content (AvgIpc) is 3.27. The summed E-state index contributed by atoms with van der Waals surface area (Å²) in [6, 6.07) is 6.13. The van der Waals surface area contributed by atoms with E-state index in [-0.39, 0.29) is 34.1 Å². The Morgan fingerprint density at radius 3 is 2.77 bits per heavy atom. The van der Waals surface area contributed by atoms with Gasteiger partial charge in [-0.2, -0.15) is 5.10 Å². The van der Waals surface area contributed by atoms with E-state index < -0.39 is 15.8 Å². The predicted molar refractivity (Wildman–Crippen MR) is 112 cm³/mol. The minimum atomic E-state index is -3.49. The molecule has 0 radical (unpaired) electrons. The third kappa shape index (κ3) is 5.47. The highest BCUT2D eigenvalue weighted by atomic mass is 35.5. The second-order valence-corrected chi connectivity index (χ2v) is 9.97. The molecular weight excluding hydrogens is 430 g/mol. The van der Waals surface area contributed by atoms with Crippen LogP contribution in [-0.2, 0) is 26.0 Å². The van der Waals surface area contributed by atoms with Crippen LogP contribution in [0.4, 0.5) is 5.82 Å². The van der Waals surface area contributed by atoms with Crippen molar-refractivity contribution in [1.29, 1.82) is 0 Å². The standard InChI is InChI=1S/C20H24ClN3O5S/c1-30(28,29)18-5-3-14(12-17(18)21)16(11-13-2-4-15(26)10-13)20(27)22-19-6-7-24(23-19)8-9-25/h3,5-7,12-13,16,25H,2,4,8-11H2,1H3,(H,22,23,27)/t13-,16+/m0/s1. The number of aromatic nitrogens is 2. The first kappa shape index (κ1) is 22.5. The number of sulfone groups is 1. The monoisotopic (exact) mass is 453 g/mol. The van der Waals surface area contributed by atoms with Gasteiger partial charge in [-0.1, -0.05) is 17.7 Å². The van der Waals surface area contributed by atoms with Gasteiger partial charge in [0.25, 0.3) is 0 Å². The Morgan fingerprint density at radius 2 is 2.17 bits per heavy atom. The number of rotatable bonds is 8. The smallest absolute Gasteiger partial charge is 0.233 e. The van der Waals surface area contributed by atoms with Crippen LogP contribution in [0.25, 0.3) is 0 Å². The summed E-state index contributed by atoms with van der Waals surface area (Å²) in [5.74, 6) is -0.317. The van der Waals surface area contributed by atoms with Crippen molar-refractivity contribution in [3.05, 3.63) is 41.0 Å². The molecule has 0 saturated heterocycles. The topological polar surface area (TPSA) is 118 Å². The number of aliphatic hydroxyl groups is 1. The Balaban J connectivity index is 1.86. The highest BCUT2D eigenvalue weighted by Crippen LogP contribution is 2.35. The van der Waals surface area contributed by atoms with Crippen LogP contribution in [-0.4, -0.2) is 47.9 Å². The number of carbonyl (C=O) groups excluding carboxylic acids is 2. The first-order chi connectivity index (χ1) is 14.2. The van der Waals surface area contributed by atoms with Crippen molar-refractivity contribution in [3.8, 4) is 0 Å². The van der Waals surface area contributed by atoms with Gasteiger partial charge in [-0.15, -0.1) is 0 Å². The number of hydrogen-bond acceptors (Lipinski definition) is 6. The van der Waals surface area contributed by atoms with Crippen molar-refractivity contribution in [2.24, 2.45) is 5.92 Å². The lowest BCUT2D eigenvalue weighted by Crippen LogP contribution is -2.24. The molecule has 2 N–H and O–H groups in total. The summed E-state index contributed by atoms with van der Waals surface area (Å²) < 4.78 is 25.2. The average molecular weight is 454 g/mol. The molecule has 162 valence electrons. The second kappa shape index (κ2) is 9.28. The third-order valence-corrected chi connectivity index (χ3v) is 6.79. The van der Waals surface area contributed by atoms with Gasteiger partial charge >= 0.3 is 0 Å². The number of Topliss-reactive ketones (excluding diaryl/α,β-unsaturated/α-hetero) is 1. The van der Waals surface area contributed by atoms with E-state index in [0.717, 1.165) is 12.7 Å². The molecule has 1 aliphatic carbocycles.